The average molecular weight is 500 g/mol. The Morgan fingerprint density at radius 2 is 1.67 bits per heavy atom. The zero-order valence-corrected chi connectivity index (χ0v) is 21.6. The van der Waals surface area contributed by atoms with Gasteiger partial charge in [0.2, 0.25) is 5.91 Å². The molecule has 0 fully saturated rings. The summed E-state index contributed by atoms with van der Waals surface area (Å²) in [5.41, 5.74) is 4.13. The number of aryl methyl sites for hydroxylation is 1. The molecule has 7 nitrogen and oxygen atoms in total. The highest BCUT2D eigenvalue weighted by Crippen LogP contribution is 2.30. The molecule has 0 N–H and O–H groups in total. The molecular weight excluding hydrogens is 470 g/mol. The van der Waals surface area contributed by atoms with Crippen LogP contribution in [0.4, 0.5) is 5.69 Å². The highest BCUT2D eigenvalue weighted by molar-refractivity contribution is 8.14. The molecule has 1 aliphatic rings. The van der Waals surface area contributed by atoms with Gasteiger partial charge in [-0.15, -0.1) is 0 Å². The maximum absolute atomic E-state index is 13.4. The predicted octanol–water partition coefficient (Wildman–Crippen LogP) is 5.25. The van der Waals surface area contributed by atoms with Crippen LogP contribution < -0.4 is 4.90 Å². The van der Waals surface area contributed by atoms with Crippen LogP contribution in [0.3, 0.4) is 0 Å². The van der Waals surface area contributed by atoms with Gasteiger partial charge in [0.25, 0.3) is 5.91 Å². The molecule has 1 aliphatic heterocycles. The van der Waals surface area contributed by atoms with Crippen molar-refractivity contribution in [2.24, 2.45) is 4.99 Å². The van der Waals surface area contributed by atoms with Crippen LogP contribution in [0.15, 0.2) is 59.2 Å². The zero-order chi connectivity index (χ0) is 26.1. The van der Waals surface area contributed by atoms with Gasteiger partial charge in [-0.05, 0) is 42.2 Å². The van der Waals surface area contributed by atoms with E-state index in [0.29, 0.717) is 22.5 Å². The molecule has 0 aromatic heterocycles. The van der Waals surface area contributed by atoms with E-state index in [2.05, 4.69) is 18.8 Å². The van der Waals surface area contributed by atoms with E-state index < -0.39 is 0 Å². The number of hydrogen-bond donors (Lipinski definition) is 0. The number of amidine groups is 1. The Morgan fingerprint density at radius 1 is 1.06 bits per heavy atom. The highest BCUT2D eigenvalue weighted by atomic mass is 32.2. The van der Waals surface area contributed by atoms with Gasteiger partial charge in [-0.25, -0.2) is 4.99 Å². The van der Waals surface area contributed by atoms with Crippen LogP contribution in [0, 0.1) is 29.6 Å². The van der Waals surface area contributed by atoms with Crippen molar-refractivity contribution in [1.29, 1.82) is 10.5 Å². The Kier molecular flexibility index (Phi) is 9.44. The lowest BCUT2D eigenvalue weighted by molar-refractivity contribution is -0.128. The summed E-state index contributed by atoms with van der Waals surface area (Å²) >= 11 is 1.18. The molecule has 0 saturated heterocycles. The third kappa shape index (κ3) is 6.84. The van der Waals surface area contributed by atoms with Crippen LogP contribution in [-0.2, 0) is 9.59 Å². The van der Waals surface area contributed by atoms with Crippen molar-refractivity contribution in [2.45, 2.75) is 39.5 Å². The van der Waals surface area contributed by atoms with Gasteiger partial charge in [0, 0.05) is 13.1 Å². The van der Waals surface area contributed by atoms with Crippen LogP contribution >= 0.6 is 11.8 Å². The largest absolute Gasteiger partial charge is 0.340 e. The molecule has 36 heavy (non-hydrogen) atoms. The Morgan fingerprint density at radius 3 is 2.22 bits per heavy atom. The van der Waals surface area contributed by atoms with Gasteiger partial charge >= 0.3 is 0 Å². The van der Waals surface area contributed by atoms with E-state index in [1.165, 1.54) is 27.1 Å². The first-order valence-corrected chi connectivity index (χ1v) is 12.8. The van der Waals surface area contributed by atoms with Crippen molar-refractivity contribution < 1.29 is 9.59 Å². The first kappa shape index (κ1) is 26.7. The second-order valence-electron chi connectivity index (χ2n) is 8.71. The van der Waals surface area contributed by atoms with E-state index in [-0.39, 0.29) is 43.5 Å². The van der Waals surface area contributed by atoms with Crippen LogP contribution in [0.1, 0.15) is 49.3 Å². The fourth-order valence-electron chi connectivity index (χ4n) is 3.60. The quantitative estimate of drug-likeness (QED) is 0.439. The van der Waals surface area contributed by atoms with Crippen molar-refractivity contribution in [3.05, 3.63) is 70.9 Å². The lowest BCUT2D eigenvalue weighted by Crippen LogP contribution is -2.36. The molecule has 184 valence electrons. The van der Waals surface area contributed by atoms with Gasteiger partial charge in [-0.1, -0.05) is 67.6 Å². The van der Waals surface area contributed by atoms with E-state index in [1.807, 2.05) is 67.6 Å². The number of thioether (sulfide) groups is 1. The van der Waals surface area contributed by atoms with Crippen molar-refractivity contribution >= 4 is 40.5 Å². The molecule has 2 amide bonds. The molecule has 0 bridgehead atoms. The number of carbonyl (C=O) groups excluding carboxylic acids is 2. The molecule has 2 aromatic rings. The van der Waals surface area contributed by atoms with Gasteiger partial charge in [-0.2, -0.15) is 10.5 Å². The molecule has 0 saturated carbocycles. The fraction of sp³-hybridized carbons (Fsp3) is 0.321. The smallest absolute Gasteiger partial charge is 0.283 e. The number of amides is 2. The zero-order valence-electron chi connectivity index (χ0n) is 20.8. The lowest BCUT2D eigenvalue weighted by atomic mass is 10.0. The Balaban J connectivity index is 1.86. The molecule has 0 spiro atoms. The summed E-state index contributed by atoms with van der Waals surface area (Å²) in [7, 11) is 0. The minimum atomic E-state index is -0.257. The summed E-state index contributed by atoms with van der Waals surface area (Å²) in [4.78, 5) is 33.9. The molecule has 0 unspecified atom stereocenters. The summed E-state index contributed by atoms with van der Waals surface area (Å²) in [6.45, 7) is 6.76. The number of aliphatic imine (C=N–C) groups is 1. The Hall–Kier alpha value is -3.88. The monoisotopic (exact) mass is 499 g/mol. The number of rotatable bonds is 9. The molecule has 2 aromatic carbocycles. The number of nitrogens with zero attached hydrogens (tertiary/aromatic N) is 5. The summed E-state index contributed by atoms with van der Waals surface area (Å²) in [6.07, 6.45) is 2.15. The van der Waals surface area contributed by atoms with Crippen molar-refractivity contribution in [3.8, 4) is 12.1 Å². The second-order valence-corrected chi connectivity index (χ2v) is 9.65. The number of hydrogen-bond acceptors (Lipinski definition) is 6. The first-order chi connectivity index (χ1) is 17.3. The summed E-state index contributed by atoms with van der Waals surface area (Å²) < 4.78 is 0. The number of anilines is 1. The third-order valence-corrected chi connectivity index (χ3v) is 6.62. The number of nitriles is 2. The minimum Gasteiger partial charge on any atom is -0.340 e. The van der Waals surface area contributed by atoms with Gasteiger partial charge in [0.1, 0.15) is 5.70 Å². The molecule has 0 radical (unpaired) electrons. The van der Waals surface area contributed by atoms with Crippen LogP contribution in [0.2, 0.25) is 0 Å². The molecule has 8 heteroatoms. The summed E-state index contributed by atoms with van der Waals surface area (Å²) in [5, 5.41) is 18.2. The molecule has 0 aliphatic carbocycles. The van der Waals surface area contributed by atoms with Gasteiger partial charge < -0.3 is 4.90 Å². The molecular formula is C28H29N5O2S. The standard InChI is InChI=1S/C28H29N5O2S/c1-20(2)23-10-8-22(9-11-23)18-25-27(35)33(24-12-6-21(3)7-13-24)28(31-25)36-19-26(34)32(16-4-14-29)17-5-15-30/h6-13,18,20H,4-5,16-17,19H2,1-3H3/b25-18-. The lowest BCUT2D eigenvalue weighted by Gasteiger charge is -2.21. The van der Waals surface area contributed by atoms with Crippen LogP contribution in [0.5, 0.6) is 0 Å². The highest BCUT2D eigenvalue weighted by Gasteiger charge is 2.32. The average Bonchev–Trinajstić information content (AvgIpc) is 3.18. The molecule has 1 heterocycles. The van der Waals surface area contributed by atoms with Crippen molar-refractivity contribution in [1.82, 2.24) is 4.90 Å². The number of benzene rings is 2. The van der Waals surface area contributed by atoms with E-state index >= 15 is 0 Å². The molecule has 3 rings (SSSR count). The Labute approximate surface area is 216 Å². The van der Waals surface area contributed by atoms with Gasteiger partial charge in [-0.3, -0.25) is 14.5 Å². The Bertz CT molecular complexity index is 1220. The third-order valence-electron chi connectivity index (χ3n) is 5.69. The van der Waals surface area contributed by atoms with Crippen molar-refractivity contribution in [2.75, 3.05) is 23.7 Å². The SMILES string of the molecule is Cc1ccc(N2C(=O)/C(=C/c3ccc(C(C)C)cc3)N=C2SCC(=O)N(CCC#N)CCC#N)cc1. The number of carbonyl (C=O) groups is 2. The van der Waals surface area contributed by atoms with Gasteiger partial charge in [0.15, 0.2) is 5.17 Å². The topological polar surface area (TPSA) is 101 Å². The second kappa shape index (κ2) is 12.7. The van der Waals surface area contributed by atoms with Crippen molar-refractivity contribution in [3.63, 3.8) is 0 Å². The maximum atomic E-state index is 13.4. The molecule has 0 atom stereocenters. The summed E-state index contributed by atoms with van der Waals surface area (Å²) in [6, 6.07) is 19.7. The van der Waals surface area contributed by atoms with E-state index in [0.717, 1.165) is 11.1 Å². The van der Waals surface area contributed by atoms with E-state index in [1.54, 1.807) is 6.08 Å². The fourth-order valence-corrected chi connectivity index (χ4v) is 4.51. The van der Waals surface area contributed by atoms with Crippen LogP contribution in [-0.4, -0.2) is 40.7 Å². The minimum absolute atomic E-state index is 0.0434. The van der Waals surface area contributed by atoms with E-state index in [9.17, 15) is 9.59 Å². The maximum Gasteiger partial charge on any atom is 0.283 e. The van der Waals surface area contributed by atoms with Gasteiger partial charge in [0.05, 0.1) is 36.4 Å². The summed E-state index contributed by atoms with van der Waals surface area (Å²) in [5.74, 6) is -0.00290. The predicted molar refractivity (Wildman–Crippen MR) is 144 cm³/mol. The van der Waals surface area contributed by atoms with E-state index in [4.69, 9.17) is 10.5 Å². The first-order valence-electron chi connectivity index (χ1n) is 11.8. The normalized spacial score (nSPS) is 14.1. The van der Waals surface area contributed by atoms with Crippen LogP contribution in [0.25, 0.3) is 6.08 Å².